The van der Waals surface area contributed by atoms with Crippen LogP contribution in [0.3, 0.4) is 0 Å². The molecule has 2 rings (SSSR count). The molecule has 0 saturated carbocycles. The summed E-state index contributed by atoms with van der Waals surface area (Å²) in [7, 11) is 0. The molecule has 1 aliphatic rings. The molecule has 0 bridgehead atoms. The van der Waals surface area contributed by atoms with Crippen molar-refractivity contribution in [3.8, 4) is 0 Å². The van der Waals surface area contributed by atoms with Crippen LogP contribution in [0.25, 0.3) is 0 Å². The van der Waals surface area contributed by atoms with Gasteiger partial charge in [-0.3, -0.25) is 14.9 Å². The van der Waals surface area contributed by atoms with Gasteiger partial charge >= 0.3 is 5.24 Å². The molecule has 0 unspecified atom stereocenters. The second kappa shape index (κ2) is 8.49. The molecule has 0 radical (unpaired) electrons. The van der Waals surface area contributed by atoms with E-state index in [9.17, 15) is 14.9 Å². The number of nitro benzene ring substituents is 1. The maximum Gasteiger partial charge on any atom is 0.302 e. The molecule has 0 aromatic heterocycles. The third kappa shape index (κ3) is 5.22. The highest BCUT2D eigenvalue weighted by atomic mass is 32.2. The van der Waals surface area contributed by atoms with Gasteiger partial charge < -0.3 is 9.47 Å². The first kappa shape index (κ1) is 17.2. The van der Waals surface area contributed by atoms with Crippen molar-refractivity contribution in [2.45, 2.75) is 19.9 Å². The molecule has 8 nitrogen and oxygen atoms in total. The van der Waals surface area contributed by atoms with Gasteiger partial charge in [0.05, 0.1) is 23.8 Å². The van der Waals surface area contributed by atoms with E-state index in [1.54, 1.807) is 12.1 Å². The second-order valence-electron chi connectivity index (χ2n) is 4.70. The second-order valence-corrected chi connectivity index (χ2v) is 5.63. The summed E-state index contributed by atoms with van der Waals surface area (Å²) >= 11 is 1.09. The minimum absolute atomic E-state index is 0.00805. The average Bonchev–Trinajstić information content (AvgIpc) is 2.55. The average molecular weight is 339 g/mol. The Morgan fingerprint density at radius 1 is 1.39 bits per heavy atom. The van der Waals surface area contributed by atoms with Crippen LogP contribution in [0.15, 0.2) is 29.4 Å². The van der Waals surface area contributed by atoms with Crippen molar-refractivity contribution in [2.24, 2.45) is 5.10 Å². The molecule has 0 atom stereocenters. The Bertz CT molecular complexity index is 591. The maximum absolute atomic E-state index is 11.9. The molecule has 1 aliphatic heterocycles. The number of carbonyl (C=O) groups is 1. The fourth-order valence-corrected chi connectivity index (χ4v) is 2.42. The molecule has 0 N–H and O–H groups in total. The minimum Gasteiger partial charge on any atom is -0.452 e. The highest BCUT2D eigenvalue weighted by Gasteiger charge is 2.22. The number of nitrogens with zero attached hydrogens (tertiary/aromatic N) is 3. The van der Waals surface area contributed by atoms with E-state index >= 15 is 0 Å². The lowest BCUT2D eigenvalue weighted by atomic mass is 10.2. The summed E-state index contributed by atoms with van der Waals surface area (Å²) in [4.78, 5) is 22.0. The van der Waals surface area contributed by atoms with Crippen LogP contribution in [0.1, 0.15) is 18.9 Å². The van der Waals surface area contributed by atoms with Gasteiger partial charge in [0.2, 0.25) is 5.90 Å². The number of benzene rings is 1. The molecule has 1 aromatic carbocycles. The zero-order valence-corrected chi connectivity index (χ0v) is 13.5. The molecular weight excluding hydrogens is 322 g/mol. The lowest BCUT2D eigenvalue weighted by molar-refractivity contribution is -0.384. The first-order valence-corrected chi connectivity index (χ1v) is 8.04. The lowest BCUT2D eigenvalue weighted by Crippen LogP contribution is -2.30. The van der Waals surface area contributed by atoms with Crippen molar-refractivity contribution in [3.05, 3.63) is 39.9 Å². The number of hydrogen-bond acceptors (Lipinski definition) is 7. The van der Waals surface area contributed by atoms with Crippen molar-refractivity contribution >= 4 is 28.6 Å². The Morgan fingerprint density at radius 3 is 2.78 bits per heavy atom. The monoisotopic (exact) mass is 339 g/mol. The smallest absolute Gasteiger partial charge is 0.302 e. The SMILES string of the molecule is CCCOCOC1=NN(Cc2ccc([N+](=O)[O-])cc2)C(=O)SC1. The zero-order valence-electron chi connectivity index (χ0n) is 12.6. The van der Waals surface area contributed by atoms with Crippen LogP contribution in [0, 0.1) is 10.1 Å². The number of nitro groups is 1. The van der Waals surface area contributed by atoms with Crippen LogP contribution in [0.2, 0.25) is 0 Å². The first-order chi connectivity index (χ1) is 11.1. The number of thioether (sulfide) groups is 1. The van der Waals surface area contributed by atoms with Gasteiger partial charge in [0.15, 0.2) is 6.79 Å². The Balaban J connectivity index is 1.96. The van der Waals surface area contributed by atoms with Crippen molar-refractivity contribution < 1.29 is 19.2 Å². The third-order valence-electron chi connectivity index (χ3n) is 2.90. The number of hydrazone groups is 1. The van der Waals surface area contributed by atoms with E-state index in [0.717, 1.165) is 23.7 Å². The number of amides is 1. The van der Waals surface area contributed by atoms with Crippen LogP contribution in [0.4, 0.5) is 10.5 Å². The molecule has 23 heavy (non-hydrogen) atoms. The number of ether oxygens (including phenoxy) is 2. The van der Waals surface area contributed by atoms with Crippen LogP contribution in [-0.4, -0.2) is 40.2 Å². The van der Waals surface area contributed by atoms with Crippen molar-refractivity contribution in [2.75, 3.05) is 19.2 Å². The fraction of sp³-hybridized carbons (Fsp3) is 0.429. The van der Waals surface area contributed by atoms with Crippen LogP contribution < -0.4 is 0 Å². The van der Waals surface area contributed by atoms with E-state index in [2.05, 4.69) is 5.10 Å². The van der Waals surface area contributed by atoms with E-state index in [1.165, 1.54) is 17.1 Å². The van der Waals surface area contributed by atoms with E-state index in [0.29, 0.717) is 18.3 Å². The standard InChI is InChI=1S/C14H17N3O5S/c1-2-7-21-10-22-13-9-23-14(18)16(15-13)8-11-3-5-12(6-4-11)17(19)20/h3-6H,2,7-10H2,1H3. The number of rotatable bonds is 7. The molecule has 0 spiro atoms. The Morgan fingerprint density at radius 2 is 2.13 bits per heavy atom. The summed E-state index contributed by atoms with van der Waals surface area (Å²) < 4.78 is 10.6. The van der Waals surface area contributed by atoms with Crippen LogP contribution in [0.5, 0.6) is 0 Å². The quantitative estimate of drug-likeness (QED) is 0.328. The van der Waals surface area contributed by atoms with E-state index < -0.39 is 4.92 Å². The van der Waals surface area contributed by atoms with Gasteiger partial charge in [-0.1, -0.05) is 30.8 Å². The molecule has 0 aliphatic carbocycles. The van der Waals surface area contributed by atoms with Gasteiger partial charge in [-0.05, 0) is 12.0 Å². The van der Waals surface area contributed by atoms with Gasteiger partial charge in [-0.15, -0.1) is 5.10 Å². The largest absolute Gasteiger partial charge is 0.452 e. The molecule has 1 aromatic rings. The van der Waals surface area contributed by atoms with Gasteiger partial charge in [0.1, 0.15) is 0 Å². The summed E-state index contributed by atoms with van der Waals surface area (Å²) in [5.74, 6) is 0.790. The predicted octanol–water partition coefficient (Wildman–Crippen LogP) is 2.98. The first-order valence-electron chi connectivity index (χ1n) is 7.05. The highest BCUT2D eigenvalue weighted by Crippen LogP contribution is 2.20. The fourth-order valence-electron chi connectivity index (χ4n) is 1.78. The molecular formula is C14H17N3O5S. The van der Waals surface area contributed by atoms with Crippen LogP contribution in [-0.2, 0) is 16.0 Å². The minimum atomic E-state index is -0.466. The lowest BCUT2D eigenvalue weighted by Gasteiger charge is -2.22. The predicted molar refractivity (Wildman–Crippen MR) is 86.1 cm³/mol. The van der Waals surface area contributed by atoms with Crippen molar-refractivity contribution in [1.82, 2.24) is 5.01 Å². The van der Waals surface area contributed by atoms with Gasteiger partial charge in [-0.2, -0.15) is 0 Å². The van der Waals surface area contributed by atoms with E-state index in [-0.39, 0.29) is 24.3 Å². The van der Waals surface area contributed by atoms with Gasteiger partial charge in [0, 0.05) is 12.1 Å². The van der Waals surface area contributed by atoms with E-state index in [1.807, 2.05) is 6.92 Å². The third-order valence-corrected chi connectivity index (χ3v) is 3.75. The molecule has 124 valence electrons. The Hall–Kier alpha value is -2.13. The molecule has 0 fully saturated rings. The summed E-state index contributed by atoms with van der Waals surface area (Å²) in [5.41, 5.74) is 0.755. The zero-order chi connectivity index (χ0) is 16.7. The van der Waals surface area contributed by atoms with E-state index in [4.69, 9.17) is 9.47 Å². The van der Waals surface area contributed by atoms with Crippen molar-refractivity contribution in [3.63, 3.8) is 0 Å². The normalized spacial score (nSPS) is 14.6. The summed E-state index contributed by atoms with van der Waals surface area (Å²) in [6, 6.07) is 6.00. The number of non-ortho nitro benzene ring substituents is 1. The van der Waals surface area contributed by atoms with Crippen LogP contribution >= 0.6 is 11.8 Å². The summed E-state index contributed by atoms with van der Waals surface area (Å²) in [5, 5.41) is 15.9. The number of carbonyl (C=O) groups excluding carboxylic acids is 1. The molecule has 1 heterocycles. The molecule has 0 saturated heterocycles. The Kier molecular flexibility index (Phi) is 6.36. The van der Waals surface area contributed by atoms with Gasteiger partial charge in [-0.25, -0.2) is 5.01 Å². The molecule has 9 heteroatoms. The summed E-state index contributed by atoms with van der Waals surface area (Å²) in [6.07, 6.45) is 0.898. The summed E-state index contributed by atoms with van der Waals surface area (Å²) in [6.45, 7) is 2.93. The number of hydrogen-bond donors (Lipinski definition) is 0. The van der Waals surface area contributed by atoms with Gasteiger partial charge in [0.25, 0.3) is 5.69 Å². The Labute approximate surface area is 137 Å². The highest BCUT2D eigenvalue weighted by molar-refractivity contribution is 8.14. The molecule has 1 amide bonds. The van der Waals surface area contributed by atoms with Crippen molar-refractivity contribution in [1.29, 1.82) is 0 Å². The maximum atomic E-state index is 11.9. The topological polar surface area (TPSA) is 94.3 Å².